The van der Waals surface area contributed by atoms with Gasteiger partial charge in [-0.25, -0.2) is 0 Å². The average molecular weight is 338 g/mol. The van der Waals surface area contributed by atoms with Crippen LogP contribution in [0.4, 0.5) is 0 Å². The van der Waals surface area contributed by atoms with Crippen molar-refractivity contribution in [2.24, 2.45) is 5.73 Å². The smallest absolute Gasteiger partial charge is 0.322 e. The molecule has 0 fully saturated rings. The van der Waals surface area contributed by atoms with Gasteiger partial charge in [0, 0.05) is 14.2 Å². The van der Waals surface area contributed by atoms with Crippen molar-refractivity contribution >= 4 is 5.97 Å². The molecule has 2 N–H and O–H groups in total. The van der Waals surface area contributed by atoms with Gasteiger partial charge in [-0.2, -0.15) is 0 Å². The molecule has 0 bridgehead atoms. The van der Waals surface area contributed by atoms with Crippen LogP contribution in [0, 0.1) is 0 Å². The second kappa shape index (κ2) is 29.4. The maximum absolute atomic E-state index is 10.9. The van der Waals surface area contributed by atoms with E-state index in [2.05, 4.69) is 18.6 Å². The molecule has 5 heteroatoms. The van der Waals surface area contributed by atoms with Gasteiger partial charge in [-0.3, -0.25) is 4.79 Å². The van der Waals surface area contributed by atoms with Crippen LogP contribution in [0.15, 0.2) is 0 Å². The zero-order chi connectivity index (χ0) is 19.1. The first-order valence-corrected chi connectivity index (χ1v) is 8.96. The molecule has 0 radical (unpaired) electrons. The number of esters is 1. The first-order valence-electron chi connectivity index (χ1n) is 8.96. The Balaban J connectivity index is -0.000000167. The van der Waals surface area contributed by atoms with E-state index < -0.39 is 6.04 Å². The summed E-state index contributed by atoms with van der Waals surface area (Å²) in [6.07, 6.45) is 5.92. The van der Waals surface area contributed by atoms with Gasteiger partial charge in [0.2, 0.25) is 0 Å². The van der Waals surface area contributed by atoms with E-state index >= 15 is 0 Å². The Labute approximate surface area is 145 Å². The van der Waals surface area contributed by atoms with Crippen LogP contribution in [0.1, 0.15) is 80.1 Å². The third-order valence-electron chi connectivity index (χ3n) is 2.69. The monoisotopic (exact) mass is 337 g/mol. The molecule has 0 aliphatic heterocycles. The Kier molecular flexibility index (Phi) is 38.6. The van der Waals surface area contributed by atoms with E-state index in [1.54, 1.807) is 14.2 Å². The van der Waals surface area contributed by atoms with Crippen LogP contribution < -0.4 is 5.73 Å². The quantitative estimate of drug-likeness (QED) is 0.494. The highest BCUT2D eigenvalue weighted by molar-refractivity contribution is 5.75. The Hall–Kier alpha value is -0.650. The van der Waals surface area contributed by atoms with E-state index in [1.165, 1.54) is 26.4 Å². The molecule has 0 rings (SSSR count). The van der Waals surface area contributed by atoms with Crippen LogP contribution in [0.25, 0.3) is 0 Å². The van der Waals surface area contributed by atoms with E-state index in [4.69, 9.17) is 15.2 Å². The molecule has 0 aliphatic rings. The van der Waals surface area contributed by atoms with Crippen molar-refractivity contribution in [3.63, 3.8) is 0 Å². The first-order chi connectivity index (χ1) is 11.1. The summed E-state index contributed by atoms with van der Waals surface area (Å²) in [6.45, 7) is 12.4. The molecule has 0 unspecified atom stereocenters. The van der Waals surface area contributed by atoms with Gasteiger partial charge in [0.05, 0.1) is 7.11 Å². The molecule has 0 aromatic heterocycles. The summed E-state index contributed by atoms with van der Waals surface area (Å²) < 4.78 is 14.5. The lowest BCUT2D eigenvalue weighted by Gasteiger charge is -2.14. The molecule has 1 atom stereocenters. The van der Waals surface area contributed by atoms with Gasteiger partial charge >= 0.3 is 5.97 Å². The van der Waals surface area contributed by atoms with Crippen molar-refractivity contribution in [1.29, 1.82) is 0 Å². The van der Waals surface area contributed by atoms with Crippen molar-refractivity contribution < 1.29 is 19.0 Å². The second-order valence-electron chi connectivity index (χ2n) is 4.32. The molecule has 0 saturated heterocycles. The highest BCUT2D eigenvalue weighted by Gasteiger charge is 2.14. The summed E-state index contributed by atoms with van der Waals surface area (Å²) in [7, 11) is 4.48. The summed E-state index contributed by atoms with van der Waals surface area (Å²) in [4.78, 5) is 10.9. The molecule has 0 aliphatic carbocycles. The van der Waals surface area contributed by atoms with Crippen molar-refractivity contribution in [3.05, 3.63) is 0 Å². The van der Waals surface area contributed by atoms with Crippen molar-refractivity contribution in [3.8, 4) is 0 Å². The lowest BCUT2D eigenvalue weighted by Crippen LogP contribution is -2.31. The largest absolute Gasteiger partial charge is 0.468 e. The number of rotatable bonds is 9. The number of nitrogens with two attached hydrogens (primary N) is 1. The molecular formula is C18H43NO4. The SMILES string of the molecule is CC.CC.CCCCC.COC(=O)[C@@H](N)CCCC(OC)OC. The minimum Gasteiger partial charge on any atom is -0.468 e. The third kappa shape index (κ3) is 26.6. The maximum atomic E-state index is 10.9. The number of methoxy groups -OCH3 is 3. The number of hydrogen-bond acceptors (Lipinski definition) is 5. The summed E-state index contributed by atoms with van der Waals surface area (Å²) >= 11 is 0. The fourth-order valence-electron chi connectivity index (χ4n) is 1.46. The van der Waals surface area contributed by atoms with Crippen LogP contribution in [-0.2, 0) is 19.0 Å². The van der Waals surface area contributed by atoms with E-state index in [9.17, 15) is 4.79 Å². The number of carbonyl (C=O) groups excluding carboxylic acids is 1. The molecule has 5 nitrogen and oxygen atoms in total. The molecule has 23 heavy (non-hydrogen) atoms. The molecule has 0 aromatic rings. The molecular weight excluding hydrogens is 294 g/mol. The maximum Gasteiger partial charge on any atom is 0.322 e. The lowest BCUT2D eigenvalue weighted by atomic mass is 10.1. The van der Waals surface area contributed by atoms with Gasteiger partial charge in [-0.15, -0.1) is 0 Å². The average Bonchev–Trinajstić information content (AvgIpc) is 2.62. The summed E-state index contributed by atoms with van der Waals surface area (Å²) in [5, 5.41) is 0. The second-order valence-corrected chi connectivity index (χ2v) is 4.32. The number of hydrogen-bond donors (Lipinski definition) is 1. The van der Waals surface area contributed by atoms with Gasteiger partial charge in [-0.05, 0) is 19.3 Å². The topological polar surface area (TPSA) is 70.8 Å². The van der Waals surface area contributed by atoms with Gasteiger partial charge < -0.3 is 19.9 Å². The van der Waals surface area contributed by atoms with Crippen LogP contribution >= 0.6 is 0 Å². The zero-order valence-electron chi connectivity index (χ0n) is 17.1. The molecule has 0 heterocycles. The first kappa shape index (κ1) is 30.3. The van der Waals surface area contributed by atoms with Crippen molar-refractivity contribution in [2.75, 3.05) is 21.3 Å². The Bertz CT molecular complexity index is 195. The predicted molar refractivity (Wildman–Crippen MR) is 99.5 cm³/mol. The van der Waals surface area contributed by atoms with Gasteiger partial charge in [0.15, 0.2) is 6.29 Å². The van der Waals surface area contributed by atoms with Crippen LogP contribution in [0.3, 0.4) is 0 Å². The van der Waals surface area contributed by atoms with Crippen LogP contribution in [-0.4, -0.2) is 39.6 Å². The third-order valence-corrected chi connectivity index (χ3v) is 2.69. The Morgan fingerprint density at radius 2 is 1.30 bits per heavy atom. The van der Waals surface area contributed by atoms with Crippen LogP contribution in [0.2, 0.25) is 0 Å². The van der Waals surface area contributed by atoms with Crippen molar-refractivity contribution in [1.82, 2.24) is 0 Å². The van der Waals surface area contributed by atoms with Gasteiger partial charge in [0.1, 0.15) is 6.04 Å². The minimum atomic E-state index is -0.547. The zero-order valence-corrected chi connectivity index (χ0v) is 17.1. The Morgan fingerprint density at radius 1 is 0.870 bits per heavy atom. The van der Waals surface area contributed by atoms with E-state index in [-0.39, 0.29) is 12.3 Å². The van der Waals surface area contributed by atoms with Crippen molar-refractivity contribution in [2.45, 2.75) is 92.4 Å². The highest BCUT2D eigenvalue weighted by Crippen LogP contribution is 2.06. The highest BCUT2D eigenvalue weighted by atomic mass is 16.7. The minimum absolute atomic E-state index is 0.222. The standard InChI is InChI=1S/C9H19NO4.C5H12.2C2H6/c1-12-8(13-2)6-4-5-7(10)9(11)14-3;1-3-5-4-2;2*1-2/h7-8H,4-6,10H2,1-3H3;3-5H2,1-2H3;2*1-2H3/t7-;;;/m0.../s1. The predicted octanol–water partition coefficient (Wildman–Crippen LogP) is 4.52. The van der Waals surface area contributed by atoms with E-state index in [1.807, 2.05) is 27.7 Å². The lowest BCUT2D eigenvalue weighted by molar-refractivity contribution is -0.142. The number of carbonyl (C=O) groups is 1. The van der Waals surface area contributed by atoms with Crippen LogP contribution in [0.5, 0.6) is 0 Å². The fraction of sp³-hybridized carbons (Fsp3) is 0.944. The van der Waals surface area contributed by atoms with Gasteiger partial charge in [-0.1, -0.05) is 60.8 Å². The normalized spacial score (nSPS) is 10.2. The van der Waals surface area contributed by atoms with E-state index in [0.717, 1.165) is 12.8 Å². The molecule has 144 valence electrons. The number of unbranched alkanes of at least 4 members (excludes halogenated alkanes) is 2. The summed E-state index contributed by atoms with van der Waals surface area (Å²) in [6, 6.07) is -0.547. The fourth-order valence-corrected chi connectivity index (χ4v) is 1.46. The molecule has 0 spiro atoms. The Morgan fingerprint density at radius 3 is 1.57 bits per heavy atom. The van der Waals surface area contributed by atoms with E-state index in [0.29, 0.717) is 6.42 Å². The number of ether oxygens (including phenoxy) is 3. The molecule has 0 amide bonds. The summed E-state index contributed by atoms with van der Waals surface area (Å²) in [5.74, 6) is -0.378. The summed E-state index contributed by atoms with van der Waals surface area (Å²) in [5.41, 5.74) is 5.54. The molecule has 0 saturated carbocycles. The molecule has 0 aromatic carbocycles. The van der Waals surface area contributed by atoms with Gasteiger partial charge in [0.25, 0.3) is 0 Å².